The lowest BCUT2D eigenvalue weighted by atomic mass is 9.74. The molecule has 0 aromatic carbocycles. The van der Waals surface area contributed by atoms with Gasteiger partial charge in [0.15, 0.2) is 0 Å². The van der Waals surface area contributed by atoms with Crippen molar-refractivity contribution in [3.8, 4) is 0 Å². The molecule has 1 saturated carbocycles. The molecule has 0 amide bonds. The fourth-order valence-corrected chi connectivity index (χ4v) is 4.73. The lowest BCUT2D eigenvalue weighted by molar-refractivity contribution is 0.197. The first kappa shape index (κ1) is 15.8. The van der Waals surface area contributed by atoms with Gasteiger partial charge in [-0.25, -0.2) is 9.97 Å². The van der Waals surface area contributed by atoms with Crippen molar-refractivity contribution in [1.82, 2.24) is 15.0 Å². The van der Waals surface area contributed by atoms with Crippen LogP contribution in [0.1, 0.15) is 32.1 Å². The van der Waals surface area contributed by atoms with Gasteiger partial charge >= 0.3 is 0 Å². The van der Waals surface area contributed by atoms with Gasteiger partial charge in [0.05, 0.1) is 12.4 Å². The fourth-order valence-electron chi connectivity index (χ4n) is 4.02. The van der Waals surface area contributed by atoms with E-state index in [1.165, 1.54) is 32.1 Å². The zero-order valence-corrected chi connectivity index (χ0v) is 14.6. The van der Waals surface area contributed by atoms with Gasteiger partial charge in [-0.15, -0.1) is 0 Å². The van der Waals surface area contributed by atoms with Crippen LogP contribution >= 0.6 is 11.8 Å². The second-order valence-corrected chi connectivity index (χ2v) is 7.94. The van der Waals surface area contributed by atoms with Gasteiger partial charge < -0.3 is 10.6 Å². The first-order valence-corrected chi connectivity index (χ1v) is 9.47. The summed E-state index contributed by atoms with van der Waals surface area (Å²) < 4.78 is 0. The predicted octanol–water partition coefficient (Wildman–Crippen LogP) is 3.12. The zero-order valence-electron chi connectivity index (χ0n) is 13.8. The van der Waals surface area contributed by atoms with Gasteiger partial charge in [-0.3, -0.25) is 4.98 Å². The van der Waals surface area contributed by atoms with Crippen LogP contribution < -0.4 is 10.6 Å². The number of hydrogen-bond donors (Lipinski definition) is 1. The smallest absolute Gasteiger partial charge is 0.147 e. The van der Waals surface area contributed by atoms with Crippen LogP contribution in [-0.2, 0) is 0 Å². The van der Waals surface area contributed by atoms with Crippen molar-refractivity contribution in [3.05, 3.63) is 36.9 Å². The minimum Gasteiger partial charge on any atom is -0.355 e. The Kier molecular flexibility index (Phi) is 4.41. The summed E-state index contributed by atoms with van der Waals surface area (Å²) in [6.07, 6.45) is 13.5. The Labute approximate surface area is 147 Å². The van der Waals surface area contributed by atoms with Crippen LogP contribution in [0.4, 0.5) is 5.82 Å². The van der Waals surface area contributed by atoms with Crippen molar-refractivity contribution in [1.29, 1.82) is 0 Å². The SMILES string of the molecule is N[C@@H]1CCCC12CCN(c1cnc(Sc3ccncc3)cn1)CC2. The number of piperidine rings is 1. The molecular weight excluding hydrogens is 318 g/mol. The average Bonchev–Trinajstić information content (AvgIpc) is 2.98. The molecule has 0 radical (unpaired) electrons. The normalized spacial score (nSPS) is 22.9. The first-order valence-electron chi connectivity index (χ1n) is 8.66. The van der Waals surface area contributed by atoms with Gasteiger partial charge in [-0.05, 0) is 43.2 Å². The van der Waals surface area contributed by atoms with Gasteiger partial charge in [0, 0.05) is 36.4 Å². The molecule has 1 aliphatic carbocycles. The number of hydrogen-bond acceptors (Lipinski definition) is 6. The van der Waals surface area contributed by atoms with Gasteiger partial charge in [0.1, 0.15) is 10.8 Å². The maximum Gasteiger partial charge on any atom is 0.147 e. The van der Waals surface area contributed by atoms with Crippen molar-refractivity contribution >= 4 is 17.6 Å². The Hall–Kier alpha value is -1.66. The largest absolute Gasteiger partial charge is 0.355 e. The quantitative estimate of drug-likeness (QED) is 0.925. The van der Waals surface area contributed by atoms with E-state index in [0.29, 0.717) is 11.5 Å². The lowest BCUT2D eigenvalue weighted by Crippen LogP contribution is -2.47. The highest BCUT2D eigenvalue weighted by molar-refractivity contribution is 7.99. The van der Waals surface area contributed by atoms with Crippen molar-refractivity contribution in [3.63, 3.8) is 0 Å². The highest BCUT2D eigenvalue weighted by Gasteiger charge is 2.42. The number of nitrogens with two attached hydrogens (primary N) is 1. The Balaban J connectivity index is 1.39. The van der Waals surface area contributed by atoms with Gasteiger partial charge in [-0.2, -0.15) is 0 Å². The minimum atomic E-state index is 0.390. The van der Waals surface area contributed by atoms with E-state index in [0.717, 1.165) is 28.8 Å². The second-order valence-electron chi connectivity index (χ2n) is 6.85. The van der Waals surface area contributed by atoms with E-state index in [-0.39, 0.29) is 0 Å². The van der Waals surface area contributed by atoms with Crippen LogP contribution in [0, 0.1) is 5.41 Å². The summed E-state index contributed by atoms with van der Waals surface area (Å²) in [5, 5.41) is 0.913. The molecule has 4 rings (SSSR count). The third-order valence-electron chi connectivity index (χ3n) is 5.55. The summed E-state index contributed by atoms with van der Waals surface area (Å²) in [5.41, 5.74) is 6.76. The molecule has 5 nitrogen and oxygen atoms in total. The third-order valence-corrected chi connectivity index (χ3v) is 6.47. The molecule has 24 heavy (non-hydrogen) atoms. The van der Waals surface area contributed by atoms with Gasteiger partial charge in [0.2, 0.25) is 0 Å². The number of anilines is 1. The molecule has 2 N–H and O–H groups in total. The summed E-state index contributed by atoms with van der Waals surface area (Å²) >= 11 is 1.61. The summed E-state index contributed by atoms with van der Waals surface area (Å²) in [5.74, 6) is 0.982. The number of pyridine rings is 1. The summed E-state index contributed by atoms with van der Waals surface area (Å²) in [7, 11) is 0. The molecule has 1 saturated heterocycles. The van der Waals surface area contributed by atoms with E-state index in [2.05, 4.69) is 19.9 Å². The zero-order chi connectivity index (χ0) is 16.4. The maximum atomic E-state index is 6.37. The van der Waals surface area contributed by atoms with Crippen molar-refractivity contribution in [2.75, 3.05) is 18.0 Å². The molecule has 1 aliphatic heterocycles. The Morgan fingerprint density at radius 1 is 1.08 bits per heavy atom. The number of aromatic nitrogens is 3. The summed E-state index contributed by atoms with van der Waals surface area (Å²) in [6.45, 7) is 2.08. The second kappa shape index (κ2) is 6.69. The molecule has 2 aromatic heterocycles. The standard InChI is InChI=1S/C18H23N5S/c19-15-2-1-5-18(15)6-10-23(11-7-18)16-12-22-17(13-21-16)24-14-3-8-20-9-4-14/h3-4,8-9,12-13,15H,1-2,5-7,10-11,19H2/t15-/m1/s1. The fraction of sp³-hybridized carbons (Fsp3) is 0.500. The maximum absolute atomic E-state index is 6.37. The Morgan fingerprint density at radius 2 is 1.88 bits per heavy atom. The van der Waals surface area contributed by atoms with Crippen LogP contribution in [0.25, 0.3) is 0 Å². The molecular formula is C18H23N5S. The summed E-state index contributed by atoms with van der Waals surface area (Å²) in [4.78, 5) is 16.7. The first-order chi connectivity index (χ1) is 11.8. The molecule has 1 spiro atoms. The lowest BCUT2D eigenvalue weighted by Gasteiger charge is -2.42. The van der Waals surface area contributed by atoms with E-state index in [4.69, 9.17) is 5.73 Å². The van der Waals surface area contributed by atoms with Crippen LogP contribution in [0.5, 0.6) is 0 Å². The third kappa shape index (κ3) is 3.13. The van der Waals surface area contributed by atoms with Crippen molar-refractivity contribution < 1.29 is 0 Å². The number of rotatable bonds is 3. The Bertz CT molecular complexity index is 668. The van der Waals surface area contributed by atoms with E-state index in [9.17, 15) is 0 Å². The van der Waals surface area contributed by atoms with Crippen molar-refractivity contribution in [2.24, 2.45) is 11.1 Å². The van der Waals surface area contributed by atoms with Gasteiger partial charge in [0.25, 0.3) is 0 Å². The monoisotopic (exact) mass is 341 g/mol. The molecule has 126 valence electrons. The van der Waals surface area contributed by atoms with Crippen molar-refractivity contribution in [2.45, 2.75) is 48.1 Å². The highest BCUT2D eigenvalue weighted by atomic mass is 32.2. The van der Waals surface area contributed by atoms with E-state index < -0.39 is 0 Å². The van der Waals surface area contributed by atoms with Crippen LogP contribution in [0.2, 0.25) is 0 Å². The summed E-state index contributed by atoms with van der Waals surface area (Å²) in [6, 6.07) is 4.36. The highest BCUT2D eigenvalue weighted by Crippen LogP contribution is 2.45. The van der Waals surface area contributed by atoms with Crippen LogP contribution in [0.3, 0.4) is 0 Å². The van der Waals surface area contributed by atoms with E-state index >= 15 is 0 Å². The molecule has 2 aliphatic rings. The molecule has 2 fully saturated rings. The van der Waals surface area contributed by atoms with Crippen LogP contribution in [0.15, 0.2) is 46.8 Å². The topological polar surface area (TPSA) is 67.9 Å². The van der Waals surface area contributed by atoms with E-state index in [1.54, 1.807) is 24.2 Å². The molecule has 3 heterocycles. The van der Waals surface area contributed by atoms with E-state index in [1.807, 2.05) is 24.5 Å². The minimum absolute atomic E-state index is 0.390. The molecule has 0 unspecified atom stereocenters. The molecule has 2 aromatic rings. The Morgan fingerprint density at radius 3 is 2.50 bits per heavy atom. The van der Waals surface area contributed by atoms with Crippen LogP contribution in [-0.4, -0.2) is 34.1 Å². The average molecular weight is 341 g/mol. The molecule has 1 atom stereocenters. The molecule has 0 bridgehead atoms. The molecule has 6 heteroatoms. The van der Waals surface area contributed by atoms with Gasteiger partial charge in [-0.1, -0.05) is 18.2 Å². The predicted molar refractivity (Wildman–Crippen MR) is 96.1 cm³/mol. The number of nitrogens with zero attached hydrogens (tertiary/aromatic N) is 4.